The molecule has 1 aliphatic heterocycles. The van der Waals surface area contributed by atoms with Crippen molar-refractivity contribution < 1.29 is 4.74 Å². The van der Waals surface area contributed by atoms with Crippen LogP contribution >= 0.6 is 0 Å². The summed E-state index contributed by atoms with van der Waals surface area (Å²) < 4.78 is 5.58. The zero-order chi connectivity index (χ0) is 7.56. The third-order valence-corrected chi connectivity index (χ3v) is 1.84. The van der Waals surface area contributed by atoms with Gasteiger partial charge in [0.2, 0.25) is 0 Å². The minimum Gasteiger partial charge on any atom is -0.373 e. The van der Waals surface area contributed by atoms with Crippen molar-refractivity contribution in [2.45, 2.75) is 33.0 Å². The molecular weight excluding hydrogens is 126 g/mol. The lowest BCUT2D eigenvalue weighted by Crippen LogP contribution is -2.52. The SMILES string of the molecule is CCN1CC(OC(C)C)C1. The Balaban J connectivity index is 2.03. The number of rotatable bonds is 3. The molecule has 10 heavy (non-hydrogen) atoms. The molecule has 1 saturated heterocycles. The summed E-state index contributed by atoms with van der Waals surface area (Å²) >= 11 is 0. The number of hydrogen-bond donors (Lipinski definition) is 0. The first-order chi connectivity index (χ1) is 4.72. The molecule has 0 radical (unpaired) electrons. The standard InChI is InChI=1S/C8H17NO/c1-4-9-5-8(6-9)10-7(2)3/h7-8H,4-6H2,1-3H3. The van der Waals surface area contributed by atoms with Gasteiger partial charge in [-0.05, 0) is 20.4 Å². The first kappa shape index (κ1) is 8.02. The van der Waals surface area contributed by atoms with Crippen LogP contribution < -0.4 is 0 Å². The molecular formula is C8H17NO. The lowest BCUT2D eigenvalue weighted by molar-refractivity contribution is -0.0785. The van der Waals surface area contributed by atoms with E-state index in [1.54, 1.807) is 0 Å². The van der Waals surface area contributed by atoms with Crippen molar-refractivity contribution >= 4 is 0 Å². The molecule has 1 rings (SSSR count). The van der Waals surface area contributed by atoms with Crippen LogP contribution in [0.3, 0.4) is 0 Å². The average molecular weight is 143 g/mol. The van der Waals surface area contributed by atoms with Crippen LogP contribution in [0.4, 0.5) is 0 Å². The smallest absolute Gasteiger partial charge is 0.0832 e. The minimum atomic E-state index is 0.393. The van der Waals surface area contributed by atoms with E-state index in [1.807, 2.05) is 0 Å². The Bertz CT molecular complexity index is 97.4. The molecule has 0 bridgehead atoms. The van der Waals surface area contributed by atoms with Crippen LogP contribution in [0.25, 0.3) is 0 Å². The van der Waals surface area contributed by atoms with Crippen molar-refractivity contribution in [1.82, 2.24) is 4.90 Å². The van der Waals surface area contributed by atoms with Crippen LogP contribution in [-0.4, -0.2) is 36.7 Å². The fraction of sp³-hybridized carbons (Fsp3) is 1.00. The van der Waals surface area contributed by atoms with Gasteiger partial charge in [-0.15, -0.1) is 0 Å². The highest BCUT2D eigenvalue weighted by molar-refractivity contribution is 4.79. The van der Waals surface area contributed by atoms with Gasteiger partial charge in [0.1, 0.15) is 0 Å². The van der Waals surface area contributed by atoms with Gasteiger partial charge in [-0.3, -0.25) is 4.90 Å². The number of likely N-dealkylation sites (N-methyl/N-ethyl adjacent to an activating group) is 1. The van der Waals surface area contributed by atoms with E-state index >= 15 is 0 Å². The fourth-order valence-corrected chi connectivity index (χ4v) is 1.25. The Kier molecular flexibility index (Phi) is 2.69. The Morgan fingerprint density at radius 3 is 2.50 bits per heavy atom. The molecule has 1 aliphatic rings. The fourth-order valence-electron chi connectivity index (χ4n) is 1.25. The van der Waals surface area contributed by atoms with Crippen molar-refractivity contribution in [1.29, 1.82) is 0 Å². The molecule has 0 aromatic carbocycles. The van der Waals surface area contributed by atoms with Gasteiger partial charge in [0.25, 0.3) is 0 Å². The van der Waals surface area contributed by atoms with Crippen LogP contribution in [-0.2, 0) is 4.74 Å². The van der Waals surface area contributed by atoms with Gasteiger partial charge in [-0.25, -0.2) is 0 Å². The van der Waals surface area contributed by atoms with Gasteiger partial charge >= 0.3 is 0 Å². The van der Waals surface area contributed by atoms with Crippen LogP contribution in [0, 0.1) is 0 Å². The van der Waals surface area contributed by atoms with Crippen LogP contribution in [0.5, 0.6) is 0 Å². The van der Waals surface area contributed by atoms with E-state index in [9.17, 15) is 0 Å². The predicted molar refractivity (Wildman–Crippen MR) is 42.1 cm³/mol. The average Bonchev–Trinajstić information content (AvgIpc) is 1.76. The molecule has 1 heterocycles. The molecule has 0 atom stereocenters. The van der Waals surface area contributed by atoms with Crippen molar-refractivity contribution in [2.24, 2.45) is 0 Å². The highest BCUT2D eigenvalue weighted by atomic mass is 16.5. The maximum Gasteiger partial charge on any atom is 0.0832 e. The first-order valence-corrected chi connectivity index (χ1v) is 4.10. The maximum absolute atomic E-state index is 5.58. The quantitative estimate of drug-likeness (QED) is 0.587. The molecule has 0 N–H and O–H groups in total. The van der Waals surface area contributed by atoms with Gasteiger partial charge in [0.05, 0.1) is 12.2 Å². The third kappa shape index (κ3) is 1.96. The van der Waals surface area contributed by atoms with E-state index in [-0.39, 0.29) is 0 Å². The molecule has 0 aromatic rings. The zero-order valence-corrected chi connectivity index (χ0v) is 7.13. The van der Waals surface area contributed by atoms with E-state index in [1.165, 1.54) is 0 Å². The molecule has 0 saturated carbocycles. The Morgan fingerprint density at radius 1 is 1.50 bits per heavy atom. The Hall–Kier alpha value is -0.0800. The summed E-state index contributed by atoms with van der Waals surface area (Å²) in [5, 5.41) is 0. The first-order valence-electron chi connectivity index (χ1n) is 4.10. The van der Waals surface area contributed by atoms with Gasteiger partial charge < -0.3 is 4.74 Å². The summed E-state index contributed by atoms with van der Waals surface area (Å²) in [6.45, 7) is 9.80. The van der Waals surface area contributed by atoms with E-state index in [0.717, 1.165) is 19.6 Å². The molecule has 0 amide bonds. The summed E-state index contributed by atoms with van der Waals surface area (Å²) in [7, 11) is 0. The topological polar surface area (TPSA) is 12.5 Å². The molecule has 0 unspecified atom stereocenters. The van der Waals surface area contributed by atoms with E-state index < -0.39 is 0 Å². The van der Waals surface area contributed by atoms with E-state index in [4.69, 9.17) is 4.74 Å². The second-order valence-electron chi connectivity index (χ2n) is 3.16. The number of ether oxygens (including phenoxy) is 1. The van der Waals surface area contributed by atoms with Gasteiger partial charge in [-0.2, -0.15) is 0 Å². The summed E-state index contributed by atoms with van der Waals surface area (Å²) in [5.41, 5.74) is 0. The monoisotopic (exact) mass is 143 g/mol. The van der Waals surface area contributed by atoms with Crippen molar-refractivity contribution in [3.63, 3.8) is 0 Å². The number of nitrogens with zero attached hydrogens (tertiary/aromatic N) is 1. The minimum absolute atomic E-state index is 0.393. The molecule has 60 valence electrons. The molecule has 0 aromatic heterocycles. The number of hydrogen-bond acceptors (Lipinski definition) is 2. The van der Waals surface area contributed by atoms with Crippen molar-refractivity contribution in [3.05, 3.63) is 0 Å². The Morgan fingerprint density at radius 2 is 2.10 bits per heavy atom. The molecule has 2 heteroatoms. The second kappa shape index (κ2) is 3.35. The Labute approximate surface area is 63.2 Å². The predicted octanol–water partition coefficient (Wildman–Crippen LogP) is 1.12. The van der Waals surface area contributed by atoms with E-state index in [2.05, 4.69) is 25.7 Å². The molecule has 0 aliphatic carbocycles. The zero-order valence-electron chi connectivity index (χ0n) is 7.13. The second-order valence-corrected chi connectivity index (χ2v) is 3.16. The lowest BCUT2D eigenvalue weighted by atomic mass is 10.2. The summed E-state index contributed by atoms with van der Waals surface area (Å²) in [6, 6.07) is 0. The molecule has 0 spiro atoms. The van der Waals surface area contributed by atoms with Crippen LogP contribution in [0.2, 0.25) is 0 Å². The van der Waals surface area contributed by atoms with Gasteiger partial charge in [0.15, 0.2) is 0 Å². The number of likely N-dealkylation sites (tertiary alicyclic amines) is 1. The highest BCUT2D eigenvalue weighted by Crippen LogP contribution is 2.12. The summed E-state index contributed by atoms with van der Waals surface area (Å²) in [6.07, 6.45) is 0.906. The lowest BCUT2D eigenvalue weighted by Gasteiger charge is -2.39. The van der Waals surface area contributed by atoms with Crippen molar-refractivity contribution in [3.8, 4) is 0 Å². The largest absolute Gasteiger partial charge is 0.373 e. The van der Waals surface area contributed by atoms with Crippen molar-refractivity contribution in [2.75, 3.05) is 19.6 Å². The molecule has 1 fully saturated rings. The normalized spacial score (nSPS) is 21.6. The molecule has 2 nitrogen and oxygen atoms in total. The third-order valence-electron chi connectivity index (χ3n) is 1.84. The summed E-state index contributed by atoms with van der Waals surface area (Å²) in [4.78, 5) is 2.38. The maximum atomic E-state index is 5.58. The van der Waals surface area contributed by atoms with E-state index in [0.29, 0.717) is 12.2 Å². The highest BCUT2D eigenvalue weighted by Gasteiger charge is 2.26. The van der Waals surface area contributed by atoms with Crippen LogP contribution in [0.1, 0.15) is 20.8 Å². The van der Waals surface area contributed by atoms with Gasteiger partial charge in [-0.1, -0.05) is 6.92 Å². The van der Waals surface area contributed by atoms with Gasteiger partial charge in [0, 0.05) is 13.1 Å². The summed E-state index contributed by atoms with van der Waals surface area (Å²) in [5.74, 6) is 0. The van der Waals surface area contributed by atoms with Crippen LogP contribution in [0.15, 0.2) is 0 Å².